The molecule has 0 bridgehead atoms. The molecule has 3 rings (SSSR count). The van der Waals surface area contributed by atoms with Crippen molar-refractivity contribution in [2.75, 3.05) is 0 Å². The fourth-order valence-corrected chi connectivity index (χ4v) is 1.69. The monoisotopic (exact) mass is 270 g/mol. The minimum absolute atomic E-state index is 0.169. The molecule has 0 saturated heterocycles. The molecule has 0 spiro atoms. The van der Waals surface area contributed by atoms with Gasteiger partial charge in [-0.2, -0.15) is 4.98 Å². The summed E-state index contributed by atoms with van der Waals surface area (Å²) >= 11 is 0. The van der Waals surface area contributed by atoms with E-state index in [1.165, 1.54) is 12.1 Å². The van der Waals surface area contributed by atoms with Crippen LogP contribution in [0.3, 0.4) is 0 Å². The van der Waals surface area contributed by atoms with E-state index in [2.05, 4.69) is 10.1 Å². The Kier molecular flexibility index (Phi) is 3.41. The van der Waals surface area contributed by atoms with E-state index in [-0.39, 0.29) is 12.4 Å². The minimum Gasteiger partial charge on any atom is -0.485 e. The third-order valence-corrected chi connectivity index (χ3v) is 2.67. The van der Waals surface area contributed by atoms with Gasteiger partial charge >= 0.3 is 0 Å². The molecule has 1 heterocycles. The summed E-state index contributed by atoms with van der Waals surface area (Å²) in [5.41, 5.74) is 0.855. The highest BCUT2D eigenvalue weighted by molar-refractivity contribution is 5.51. The van der Waals surface area contributed by atoms with Gasteiger partial charge in [0.25, 0.3) is 5.89 Å². The number of nitrogens with zero attached hydrogens (tertiary/aromatic N) is 2. The van der Waals surface area contributed by atoms with Gasteiger partial charge in [-0.3, -0.25) is 0 Å². The molecule has 0 radical (unpaired) electrons. The Balaban J connectivity index is 1.67. The molecule has 20 heavy (non-hydrogen) atoms. The lowest BCUT2D eigenvalue weighted by molar-refractivity contribution is 0.286. The Labute approximate surface area is 114 Å². The average molecular weight is 270 g/mol. The second-order valence-electron chi connectivity index (χ2n) is 4.12. The molecule has 3 aromatic rings. The van der Waals surface area contributed by atoms with Gasteiger partial charge < -0.3 is 9.26 Å². The van der Waals surface area contributed by atoms with Crippen molar-refractivity contribution < 1.29 is 13.7 Å². The van der Waals surface area contributed by atoms with Gasteiger partial charge in [0, 0.05) is 5.56 Å². The van der Waals surface area contributed by atoms with Crippen molar-refractivity contribution in [1.29, 1.82) is 0 Å². The first kappa shape index (κ1) is 12.3. The summed E-state index contributed by atoms with van der Waals surface area (Å²) in [6.07, 6.45) is 0. The van der Waals surface area contributed by atoms with E-state index in [0.717, 1.165) is 5.56 Å². The van der Waals surface area contributed by atoms with Gasteiger partial charge in [0.1, 0.15) is 11.6 Å². The zero-order valence-corrected chi connectivity index (χ0v) is 10.5. The summed E-state index contributed by atoms with van der Waals surface area (Å²) in [5, 5.41) is 3.84. The zero-order chi connectivity index (χ0) is 13.8. The van der Waals surface area contributed by atoms with Crippen molar-refractivity contribution in [2.45, 2.75) is 6.61 Å². The largest absolute Gasteiger partial charge is 0.485 e. The van der Waals surface area contributed by atoms with E-state index in [0.29, 0.717) is 17.5 Å². The first-order chi connectivity index (χ1) is 9.81. The maximum atomic E-state index is 12.7. The quantitative estimate of drug-likeness (QED) is 0.728. The molecule has 0 amide bonds. The molecule has 0 N–H and O–H groups in total. The van der Waals surface area contributed by atoms with Crippen LogP contribution in [0.1, 0.15) is 5.82 Å². The van der Waals surface area contributed by atoms with Gasteiger partial charge in [0.15, 0.2) is 6.61 Å². The Bertz CT molecular complexity index is 681. The molecule has 0 aliphatic carbocycles. The second kappa shape index (κ2) is 5.52. The number of hydrogen-bond acceptors (Lipinski definition) is 4. The fraction of sp³-hybridized carbons (Fsp3) is 0.0667. The highest BCUT2D eigenvalue weighted by Gasteiger charge is 2.08. The van der Waals surface area contributed by atoms with Crippen LogP contribution in [0.15, 0.2) is 59.1 Å². The Hall–Kier alpha value is -2.69. The Morgan fingerprint density at radius 3 is 2.50 bits per heavy atom. The number of benzene rings is 2. The number of aromatic nitrogens is 2. The smallest absolute Gasteiger partial charge is 0.258 e. The number of ether oxygens (including phenoxy) is 1. The molecule has 2 aromatic carbocycles. The molecule has 100 valence electrons. The lowest BCUT2D eigenvalue weighted by atomic mass is 10.2. The van der Waals surface area contributed by atoms with Crippen LogP contribution in [0, 0.1) is 5.82 Å². The lowest BCUT2D eigenvalue weighted by Gasteiger charge is -2.01. The topological polar surface area (TPSA) is 48.2 Å². The molecular weight excluding hydrogens is 259 g/mol. The van der Waals surface area contributed by atoms with Crippen molar-refractivity contribution >= 4 is 0 Å². The molecule has 0 fully saturated rings. The van der Waals surface area contributed by atoms with Crippen LogP contribution in [-0.2, 0) is 6.61 Å². The van der Waals surface area contributed by atoms with E-state index in [4.69, 9.17) is 9.26 Å². The molecular formula is C15H11FN2O2. The molecule has 0 saturated carbocycles. The third-order valence-electron chi connectivity index (χ3n) is 2.67. The summed E-state index contributed by atoms with van der Waals surface area (Å²) in [6.45, 7) is 0.169. The summed E-state index contributed by atoms with van der Waals surface area (Å²) < 4.78 is 23.3. The Morgan fingerprint density at radius 1 is 1.00 bits per heavy atom. The maximum Gasteiger partial charge on any atom is 0.258 e. The van der Waals surface area contributed by atoms with E-state index < -0.39 is 0 Å². The van der Waals surface area contributed by atoms with Gasteiger partial charge in [-0.15, -0.1) is 0 Å². The SMILES string of the molecule is Fc1ccc(OCc2noc(-c3ccccc3)n2)cc1. The van der Waals surface area contributed by atoms with Crippen LogP contribution in [0.25, 0.3) is 11.5 Å². The molecule has 5 heteroatoms. The molecule has 1 aromatic heterocycles. The van der Waals surface area contributed by atoms with Gasteiger partial charge in [-0.1, -0.05) is 23.4 Å². The van der Waals surface area contributed by atoms with Crippen LogP contribution >= 0.6 is 0 Å². The predicted molar refractivity (Wildman–Crippen MR) is 70.5 cm³/mol. The van der Waals surface area contributed by atoms with Crippen molar-refractivity contribution in [3.8, 4) is 17.2 Å². The average Bonchev–Trinajstić information content (AvgIpc) is 2.97. The van der Waals surface area contributed by atoms with Crippen LogP contribution in [0.2, 0.25) is 0 Å². The van der Waals surface area contributed by atoms with Crippen LogP contribution in [-0.4, -0.2) is 10.1 Å². The van der Waals surface area contributed by atoms with Crippen molar-refractivity contribution in [2.24, 2.45) is 0 Å². The molecule has 0 aliphatic heterocycles. The standard InChI is InChI=1S/C15H11FN2O2/c16-12-6-8-13(9-7-12)19-10-14-17-15(20-18-14)11-4-2-1-3-5-11/h1-9H,10H2. The summed E-state index contributed by atoms with van der Waals surface area (Å²) in [6, 6.07) is 15.3. The van der Waals surface area contributed by atoms with Gasteiger partial charge in [0.05, 0.1) is 0 Å². The van der Waals surface area contributed by atoms with Gasteiger partial charge in [-0.25, -0.2) is 4.39 Å². The predicted octanol–water partition coefficient (Wildman–Crippen LogP) is 3.45. The van der Waals surface area contributed by atoms with Gasteiger partial charge in [-0.05, 0) is 36.4 Å². The lowest BCUT2D eigenvalue weighted by Crippen LogP contribution is -1.97. The number of halogens is 1. The highest BCUT2D eigenvalue weighted by Crippen LogP contribution is 2.17. The van der Waals surface area contributed by atoms with E-state index in [9.17, 15) is 4.39 Å². The summed E-state index contributed by atoms with van der Waals surface area (Å²) in [7, 11) is 0. The number of rotatable bonds is 4. The first-order valence-electron chi connectivity index (χ1n) is 6.07. The number of hydrogen-bond donors (Lipinski definition) is 0. The van der Waals surface area contributed by atoms with Crippen LogP contribution in [0.5, 0.6) is 5.75 Å². The van der Waals surface area contributed by atoms with E-state index in [1.807, 2.05) is 30.3 Å². The highest BCUT2D eigenvalue weighted by atomic mass is 19.1. The molecule has 0 aliphatic rings. The zero-order valence-electron chi connectivity index (χ0n) is 10.5. The van der Waals surface area contributed by atoms with Crippen molar-refractivity contribution in [3.05, 3.63) is 66.2 Å². The fourth-order valence-electron chi connectivity index (χ4n) is 1.69. The molecule has 4 nitrogen and oxygen atoms in total. The van der Waals surface area contributed by atoms with Crippen LogP contribution < -0.4 is 4.74 Å². The molecule has 0 unspecified atom stereocenters. The first-order valence-corrected chi connectivity index (χ1v) is 6.07. The van der Waals surface area contributed by atoms with E-state index >= 15 is 0 Å². The minimum atomic E-state index is -0.303. The van der Waals surface area contributed by atoms with Gasteiger partial charge in [0.2, 0.25) is 5.82 Å². The summed E-state index contributed by atoms with van der Waals surface area (Å²) in [5.74, 6) is 1.14. The summed E-state index contributed by atoms with van der Waals surface area (Å²) in [4.78, 5) is 4.24. The van der Waals surface area contributed by atoms with E-state index in [1.54, 1.807) is 12.1 Å². The third kappa shape index (κ3) is 2.83. The Morgan fingerprint density at radius 2 is 1.75 bits per heavy atom. The van der Waals surface area contributed by atoms with Crippen LogP contribution in [0.4, 0.5) is 4.39 Å². The van der Waals surface area contributed by atoms with Crippen molar-refractivity contribution in [1.82, 2.24) is 10.1 Å². The van der Waals surface area contributed by atoms with Crippen molar-refractivity contribution in [3.63, 3.8) is 0 Å². The second-order valence-corrected chi connectivity index (χ2v) is 4.12. The normalized spacial score (nSPS) is 10.4. The molecule has 0 atom stereocenters. The maximum absolute atomic E-state index is 12.7.